The van der Waals surface area contributed by atoms with Crippen molar-refractivity contribution in [2.24, 2.45) is 0 Å². The van der Waals surface area contributed by atoms with Gasteiger partial charge in [0.1, 0.15) is 0 Å². The summed E-state index contributed by atoms with van der Waals surface area (Å²) in [4.78, 5) is 10.3. The highest BCUT2D eigenvalue weighted by Crippen LogP contribution is 2.19. The highest BCUT2D eigenvalue weighted by Gasteiger charge is 2.26. The third-order valence-electron chi connectivity index (χ3n) is 1.94. The van der Waals surface area contributed by atoms with Crippen molar-refractivity contribution in [1.29, 1.82) is 0 Å². The van der Waals surface area contributed by atoms with E-state index in [1.165, 1.54) is 0 Å². The number of rotatable bonds is 9. The molecule has 0 aliphatic carbocycles. The number of carbonyl (C=O) groups excluding carboxylic acids is 1. The van der Waals surface area contributed by atoms with Crippen molar-refractivity contribution < 1.29 is 22.7 Å². The number of halogens is 4. The van der Waals surface area contributed by atoms with Gasteiger partial charge < -0.3 is 4.74 Å². The quantitative estimate of drug-likeness (QED) is 0.467. The molecule has 16 heavy (non-hydrogen) atoms. The van der Waals surface area contributed by atoms with Crippen molar-refractivity contribution in [2.75, 3.05) is 13.2 Å². The maximum absolute atomic E-state index is 11.7. The lowest BCUT2D eigenvalue weighted by Gasteiger charge is -2.06. The molecule has 0 saturated heterocycles. The van der Waals surface area contributed by atoms with Gasteiger partial charge in [-0.05, 0) is 24.4 Å². The molecule has 0 N–H and O–H groups in total. The normalized spacial score (nSPS) is 11.8. The van der Waals surface area contributed by atoms with Gasteiger partial charge >= 0.3 is 6.18 Å². The van der Waals surface area contributed by atoms with Crippen LogP contribution in [0.4, 0.5) is 13.2 Å². The number of unbranched alkanes of at least 4 members (excludes halogenated alkanes) is 3. The highest BCUT2D eigenvalue weighted by atomic mass is 35.5. The molecule has 0 aromatic carbocycles. The van der Waals surface area contributed by atoms with Crippen LogP contribution in [-0.2, 0) is 9.53 Å². The van der Waals surface area contributed by atoms with Crippen molar-refractivity contribution in [3.63, 3.8) is 0 Å². The van der Waals surface area contributed by atoms with Crippen LogP contribution in [0.3, 0.4) is 0 Å². The van der Waals surface area contributed by atoms with Gasteiger partial charge in [-0.3, -0.25) is 4.79 Å². The van der Waals surface area contributed by atoms with Gasteiger partial charge in [0.05, 0.1) is 13.0 Å². The van der Waals surface area contributed by atoms with E-state index in [1.54, 1.807) is 0 Å². The van der Waals surface area contributed by atoms with E-state index in [1.807, 2.05) is 0 Å². The van der Waals surface area contributed by atoms with Crippen LogP contribution in [0.25, 0.3) is 0 Å². The molecule has 0 aliphatic heterocycles. The van der Waals surface area contributed by atoms with Crippen LogP contribution in [0.5, 0.6) is 0 Å². The van der Waals surface area contributed by atoms with Crippen molar-refractivity contribution in [1.82, 2.24) is 0 Å². The van der Waals surface area contributed by atoms with Crippen molar-refractivity contribution in [2.45, 2.75) is 44.7 Å². The minimum Gasteiger partial charge on any atom is -0.381 e. The second kappa shape index (κ2) is 8.82. The van der Waals surface area contributed by atoms with E-state index in [-0.39, 0.29) is 11.8 Å². The summed E-state index contributed by atoms with van der Waals surface area (Å²) >= 11 is 5.13. The van der Waals surface area contributed by atoms with E-state index in [4.69, 9.17) is 16.3 Å². The topological polar surface area (TPSA) is 26.3 Å². The SMILES string of the molecule is O=C(Cl)CCCCCCOCCC(F)(F)F. The van der Waals surface area contributed by atoms with Crippen molar-refractivity contribution in [3.8, 4) is 0 Å². The Bertz CT molecular complexity index is 195. The minimum absolute atomic E-state index is 0.274. The van der Waals surface area contributed by atoms with Gasteiger partial charge in [0.15, 0.2) is 0 Å². The lowest BCUT2D eigenvalue weighted by molar-refractivity contribution is -0.145. The fourth-order valence-corrected chi connectivity index (χ4v) is 1.25. The molecule has 0 unspecified atom stereocenters. The van der Waals surface area contributed by atoms with Crippen LogP contribution in [0.15, 0.2) is 0 Å². The van der Waals surface area contributed by atoms with Crippen LogP contribution in [-0.4, -0.2) is 24.6 Å². The molecule has 0 aromatic heterocycles. The molecular weight excluding hydrogens is 245 g/mol. The summed E-state index contributed by atoms with van der Waals surface area (Å²) in [5.41, 5.74) is 0. The maximum Gasteiger partial charge on any atom is 0.391 e. The average Bonchev–Trinajstić information content (AvgIpc) is 2.13. The van der Waals surface area contributed by atoms with Gasteiger partial charge in [0.2, 0.25) is 5.24 Å². The van der Waals surface area contributed by atoms with Gasteiger partial charge in [-0.25, -0.2) is 0 Å². The Morgan fingerprint density at radius 3 is 2.25 bits per heavy atom. The molecule has 0 heterocycles. The predicted molar refractivity (Wildman–Crippen MR) is 55.4 cm³/mol. The van der Waals surface area contributed by atoms with Crippen LogP contribution in [0.1, 0.15) is 38.5 Å². The van der Waals surface area contributed by atoms with Gasteiger partial charge in [-0.2, -0.15) is 13.2 Å². The van der Waals surface area contributed by atoms with E-state index in [0.717, 1.165) is 19.3 Å². The average molecular weight is 261 g/mol. The van der Waals surface area contributed by atoms with Gasteiger partial charge in [-0.15, -0.1) is 0 Å². The number of hydrogen-bond acceptors (Lipinski definition) is 2. The van der Waals surface area contributed by atoms with E-state index in [0.29, 0.717) is 19.4 Å². The Labute approximate surface area is 98.1 Å². The molecule has 0 rings (SSSR count). The zero-order chi connectivity index (χ0) is 12.4. The van der Waals surface area contributed by atoms with Crippen LogP contribution < -0.4 is 0 Å². The fraction of sp³-hybridized carbons (Fsp3) is 0.900. The van der Waals surface area contributed by atoms with Gasteiger partial charge in [0, 0.05) is 13.0 Å². The smallest absolute Gasteiger partial charge is 0.381 e. The van der Waals surface area contributed by atoms with E-state index in [9.17, 15) is 18.0 Å². The molecule has 0 atom stereocenters. The Balaban J connectivity index is 3.07. The molecule has 0 spiro atoms. The molecule has 0 bridgehead atoms. The summed E-state index contributed by atoms with van der Waals surface area (Å²) in [7, 11) is 0. The van der Waals surface area contributed by atoms with Crippen molar-refractivity contribution in [3.05, 3.63) is 0 Å². The summed E-state index contributed by atoms with van der Waals surface area (Å²) in [5.74, 6) is 0. The number of ether oxygens (including phenoxy) is 1. The minimum atomic E-state index is -4.14. The Hall–Kier alpha value is -0.290. The first-order valence-electron chi connectivity index (χ1n) is 5.24. The summed E-state index contributed by atoms with van der Waals surface area (Å²) in [6.45, 7) is 0.0641. The molecule has 6 heteroatoms. The Kier molecular flexibility index (Phi) is 8.66. The summed E-state index contributed by atoms with van der Waals surface area (Å²) in [5, 5.41) is -0.346. The first kappa shape index (κ1) is 15.7. The van der Waals surface area contributed by atoms with E-state index in [2.05, 4.69) is 0 Å². The lowest BCUT2D eigenvalue weighted by Crippen LogP contribution is -2.11. The third-order valence-corrected chi connectivity index (χ3v) is 2.13. The molecule has 0 saturated carbocycles. The summed E-state index contributed by atoms with van der Waals surface area (Å²) in [6, 6.07) is 0. The second-order valence-electron chi connectivity index (χ2n) is 3.50. The molecule has 0 aromatic rings. The van der Waals surface area contributed by atoms with Crippen LogP contribution in [0, 0.1) is 0 Å². The number of alkyl halides is 3. The Morgan fingerprint density at radius 2 is 1.69 bits per heavy atom. The molecule has 0 aliphatic rings. The van der Waals surface area contributed by atoms with Gasteiger partial charge in [0.25, 0.3) is 0 Å². The summed E-state index contributed by atoms with van der Waals surface area (Å²) < 4.78 is 39.9. The molecule has 0 radical (unpaired) electrons. The summed E-state index contributed by atoms with van der Waals surface area (Å²) in [6.07, 6.45) is -1.54. The first-order valence-corrected chi connectivity index (χ1v) is 5.62. The zero-order valence-electron chi connectivity index (χ0n) is 8.99. The monoisotopic (exact) mass is 260 g/mol. The number of hydrogen-bond donors (Lipinski definition) is 0. The third kappa shape index (κ3) is 13.7. The maximum atomic E-state index is 11.7. The first-order chi connectivity index (χ1) is 7.42. The second-order valence-corrected chi connectivity index (χ2v) is 3.92. The zero-order valence-corrected chi connectivity index (χ0v) is 9.74. The van der Waals surface area contributed by atoms with Crippen LogP contribution >= 0.6 is 11.6 Å². The molecular formula is C10H16ClF3O2. The lowest BCUT2D eigenvalue weighted by atomic mass is 10.2. The Morgan fingerprint density at radius 1 is 1.06 bits per heavy atom. The molecule has 2 nitrogen and oxygen atoms in total. The molecule has 96 valence electrons. The van der Waals surface area contributed by atoms with Gasteiger partial charge in [-0.1, -0.05) is 12.8 Å². The highest BCUT2D eigenvalue weighted by molar-refractivity contribution is 6.63. The fourth-order valence-electron chi connectivity index (χ4n) is 1.11. The predicted octanol–water partition coefficient (Wildman–Crippen LogP) is 3.67. The number of carbonyl (C=O) groups is 1. The molecule has 0 amide bonds. The van der Waals surface area contributed by atoms with E-state index < -0.39 is 12.6 Å². The van der Waals surface area contributed by atoms with Crippen molar-refractivity contribution >= 4 is 16.8 Å². The standard InChI is InChI=1S/C10H16ClF3O2/c11-9(15)5-3-1-2-4-7-16-8-6-10(12,13)14/h1-8H2. The van der Waals surface area contributed by atoms with Crippen LogP contribution in [0.2, 0.25) is 0 Å². The largest absolute Gasteiger partial charge is 0.391 e. The molecule has 0 fully saturated rings. The van der Waals surface area contributed by atoms with E-state index >= 15 is 0 Å².